The summed E-state index contributed by atoms with van der Waals surface area (Å²) in [4.78, 5) is 12.4. The minimum absolute atomic E-state index is 0.142. The molecule has 1 aliphatic heterocycles. The van der Waals surface area contributed by atoms with Crippen LogP contribution in [0.4, 0.5) is 5.69 Å². The average Bonchev–Trinajstić information content (AvgIpc) is 3.31. The topological polar surface area (TPSA) is 47.6 Å². The molecule has 1 saturated heterocycles. The number of hydrogen-bond donors (Lipinski definition) is 1. The van der Waals surface area contributed by atoms with E-state index in [-0.39, 0.29) is 12.0 Å². The molecule has 0 unspecified atom stereocenters. The van der Waals surface area contributed by atoms with Crippen LogP contribution in [0.2, 0.25) is 0 Å². The number of fused-ring (bicyclic) bond motifs is 2. The SMILES string of the molecule is O=C(C[C@@H]1C[C@H]2CC[C@H]1C2)Nc1cccc(OC[C@@H]2CCCO2)c1. The molecule has 4 rings (SSSR count). The molecule has 0 aromatic heterocycles. The van der Waals surface area contributed by atoms with Crippen LogP contribution in [0.5, 0.6) is 5.75 Å². The van der Waals surface area contributed by atoms with Gasteiger partial charge < -0.3 is 14.8 Å². The van der Waals surface area contributed by atoms with Gasteiger partial charge in [0.05, 0.1) is 6.10 Å². The van der Waals surface area contributed by atoms with E-state index in [0.717, 1.165) is 42.7 Å². The van der Waals surface area contributed by atoms with E-state index in [4.69, 9.17) is 9.47 Å². The minimum atomic E-state index is 0.142. The zero-order valence-corrected chi connectivity index (χ0v) is 14.2. The van der Waals surface area contributed by atoms with Crippen molar-refractivity contribution in [1.29, 1.82) is 0 Å². The summed E-state index contributed by atoms with van der Waals surface area (Å²) in [6.45, 7) is 1.43. The molecule has 1 aromatic carbocycles. The third-order valence-electron chi connectivity index (χ3n) is 5.91. The Morgan fingerprint density at radius 1 is 1.25 bits per heavy atom. The number of carbonyl (C=O) groups excluding carboxylic acids is 1. The van der Waals surface area contributed by atoms with E-state index in [9.17, 15) is 4.79 Å². The predicted octanol–water partition coefficient (Wildman–Crippen LogP) is 4.01. The summed E-state index contributed by atoms with van der Waals surface area (Å²) < 4.78 is 11.4. The lowest BCUT2D eigenvalue weighted by atomic mass is 9.86. The van der Waals surface area contributed by atoms with Crippen LogP contribution in [0.3, 0.4) is 0 Å². The fourth-order valence-electron chi connectivity index (χ4n) is 4.71. The molecular formula is C20H27NO3. The second-order valence-corrected chi connectivity index (χ2v) is 7.66. The van der Waals surface area contributed by atoms with Gasteiger partial charge in [0.15, 0.2) is 0 Å². The Bertz CT molecular complexity index is 582. The monoisotopic (exact) mass is 329 g/mol. The van der Waals surface area contributed by atoms with Crippen LogP contribution in [-0.2, 0) is 9.53 Å². The highest BCUT2D eigenvalue weighted by atomic mass is 16.5. The Balaban J connectivity index is 1.27. The quantitative estimate of drug-likeness (QED) is 0.858. The van der Waals surface area contributed by atoms with Gasteiger partial charge in [0.2, 0.25) is 5.91 Å². The highest BCUT2D eigenvalue weighted by Crippen LogP contribution is 2.49. The lowest BCUT2D eigenvalue weighted by Crippen LogP contribution is -2.20. The number of anilines is 1. The average molecular weight is 329 g/mol. The van der Waals surface area contributed by atoms with Crippen LogP contribution in [0.1, 0.15) is 44.9 Å². The standard InChI is InChI=1S/C20H27NO3/c22-20(11-16-10-14-6-7-15(16)9-14)21-17-3-1-4-18(12-17)24-13-19-5-2-8-23-19/h1,3-4,12,14-16,19H,2,5-11,13H2,(H,21,22)/t14-,15-,16-,19-/m0/s1. The second kappa shape index (κ2) is 7.14. The normalized spacial score (nSPS) is 31.3. The summed E-state index contributed by atoms with van der Waals surface area (Å²) in [5.74, 6) is 3.22. The van der Waals surface area contributed by atoms with E-state index in [1.807, 2.05) is 24.3 Å². The number of carbonyl (C=O) groups is 1. The molecule has 1 amide bonds. The molecule has 4 atom stereocenters. The Hall–Kier alpha value is -1.55. The Labute approximate surface area is 143 Å². The molecule has 2 saturated carbocycles. The Kier molecular flexibility index (Phi) is 4.74. The zero-order chi connectivity index (χ0) is 16.4. The maximum absolute atomic E-state index is 12.4. The number of nitrogens with one attached hydrogen (secondary N) is 1. The van der Waals surface area contributed by atoms with Crippen LogP contribution in [0.15, 0.2) is 24.3 Å². The first-order valence-electron chi connectivity index (χ1n) is 9.40. The highest BCUT2D eigenvalue weighted by Gasteiger charge is 2.40. The zero-order valence-electron chi connectivity index (χ0n) is 14.2. The van der Waals surface area contributed by atoms with Crippen molar-refractivity contribution in [1.82, 2.24) is 0 Å². The van der Waals surface area contributed by atoms with Crippen molar-refractivity contribution in [3.8, 4) is 5.75 Å². The van der Waals surface area contributed by atoms with E-state index in [1.54, 1.807) is 0 Å². The van der Waals surface area contributed by atoms with Crippen LogP contribution in [0.25, 0.3) is 0 Å². The first-order valence-corrected chi connectivity index (χ1v) is 9.40. The fourth-order valence-corrected chi connectivity index (χ4v) is 4.71. The Morgan fingerprint density at radius 3 is 2.96 bits per heavy atom. The van der Waals surface area contributed by atoms with Crippen molar-refractivity contribution in [2.24, 2.45) is 17.8 Å². The van der Waals surface area contributed by atoms with E-state index in [1.165, 1.54) is 25.7 Å². The maximum Gasteiger partial charge on any atom is 0.224 e. The molecule has 130 valence electrons. The third-order valence-corrected chi connectivity index (χ3v) is 5.91. The first kappa shape index (κ1) is 15.9. The van der Waals surface area contributed by atoms with E-state index >= 15 is 0 Å². The van der Waals surface area contributed by atoms with Gasteiger partial charge in [0.1, 0.15) is 12.4 Å². The molecule has 1 N–H and O–H groups in total. The summed E-state index contributed by atoms with van der Waals surface area (Å²) in [5.41, 5.74) is 0.827. The first-order chi connectivity index (χ1) is 11.8. The number of benzene rings is 1. The van der Waals surface area contributed by atoms with Crippen molar-refractivity contribution in [3.05, 3.63) is 24.3 Å². The third kappa shape index (κ3) is 3.75. The lowest BCUT2D eigenvalue weighted by Gasteiger charge is -2.21. The van der Waals surface area contributed by atoms with Gasteiger partial charge in [-0.25, -0.2) is 0 Å². The minimum Gasteiger partial charge on any atom is -0.491 e. The van der Waals surface area contributed by atoms with Crippen molar-refractivity contribution >= 4 is 11.6 Å². The molecule has 0 radical (unpaired) electrons. The van der Waals surface area contributed by atoms with Gasteiger partial charge >= 0.3 is 0 Å². The van der Waals surface area contributed by atoms with Gasteiger partial charge in [-0.1, -0.05) is 12.5 Å². The van der Waals surface area contributed by atoms with Crippen molar-refractivity contribution in [3.63, 3.8) is 0 Å². The van der Waals surface area contributed by atoms with Crippen LogP contribution < -0.4 is 10.1 Å². The van der Waals surface area contributed by atoms with Gasteiger partial charge in [0.25, 0.3) is 0 Å². The molecule has 24 heavy (non-hydrogen) atoms. The molecule has 3 aliphatic rings. The lowest BCUT2D eigenvalue weighted by molar-refractivity contribution is -0.117. The molecular weight excluding hydrogens is 302 g/mol. The summed E-state index contributed by atoms with van der Waals surface area (Å²) in [6, 6.07) is 7.70. The molecule has 4 heteroatoms. The van der Waals surface area contributed by atoms with E-state index in [2.05, 4.69) is 5.32 Å². The second-order valence-electron chi connectivity index (χ2n) is 7.66. The van der Waals surface area contributed by atoms with Crippen molar-refractivity contribution in [2.75, 3.05) is 18.5 Å². The van der Waals surface area contributed by atoms with E-state index in [0.29, 0.717) is 18.9 Å². The van der Waals surface area contributed by atoms with E-state index < -0.39 is 0 Å². The number of amides is 1. The van der Waals surface area contributed by atoms with Gasteiger partial charge in [-0.3, -0.25) is 4.79 Å². The largest absolute Gasteiger partial charge is 0.491 e. The summed E-state index contributed by atoms with van der Waals surface area (Å²) in [6.07, 6.45) is 8.38. The molecule has 2 aliphatic carbocycles. The maximum atomic E-state index is 12.4. The smallest absolute Gasteiger partial charge is 0.224 e. The van der Waals surface area contributed by atoms with Crippen LogP contribution in [-0.4, -0.2) is 25.2 Å². The van der Waals surface area contributed by atoms with Gasteiger partial charge in [-0.15, -0.1) is 0 Å². The Morgan fingerprint density at radius 2 is 2.21 bits per heavy atom. The summed E-state index contributed by atoms with van der Waals surface area (Å²) in [7, 11) is 0. The fraction of sp³-hybridized carbons (Fsp3) is 0.650. The predicted molar refractivity (Wildman–Crippen MR) is 93.1 cm³/mol. The molecule has 2 bridgehead atoms. The molecule has 1 aromatic rings. The summed E-state index contributed by atoms with van der Waals surface area (Å²) >= 11 is 0. The van der Waals surface area contributed by atoms with Crippen molar-refractivity contribution < 1.29 is 14.3 Å². The van der Waals surface area contributed by atoms with Gasteiger partial charge in [0, 0.05) is 24.8 Å². The molecule has 3 fully saturated rings. The summed E-state index contributed by atoms with van der Waals surface area (Å²) in [5, 5.41) is 3.05. The van der Waals surface area contributed by atoms with Crippen molar-refractivity contribution in [2.45, 2.75) is 51.0 Å². The highest BCUT2D eigenvalue weighted by molar-refractivity contribution is 5.91. The van der Waals surface area contributed by atoms with Crippen LogP contribution >= 0.6 is 0 Å². The molecule has 0 spiro atoms. The molecule has 4 nitrogen and oxygen atoms in total. The number of hydrogen-bond acceptors (Lipinski definition) is 3. The van der Waals surface area contributed by atoms with Gasteiger partial charge in [-0.05, 0) is 62.0 Å². The van der Waals surface area contributed by atoms with Crippen LogP contribution in [0, 0.1) is 17.8 Å². The molecule has 1 heterocycles. The van der Waals surface area contributed by atoms with Gasteiger partial charge in [-0.2, -0.15) is 0 Å². The number of ether oxygens (including phenoxy) is 2. The number of rotatable bonds is 6.